The molecule has 1 saturated carbocycles. The highest BCUT2D eigenvalue weighted by molar-refractivity contribution is 6.13. The third-order valence-electron chi connectivity index (χ3n) is 5.23. The van der Waals surface area contributed by atoms with Crippen LogP contribution >= 0.6 is 11.8 Å². The van der Waals surface area contributed by atoms with E-state index < -0.39 is 0 Å². The Balaban J connectivity index is 1.89. The van der Waals surface area contributed by atoms with Gasteiger partial charge in [-0.25, -0.2) is 4.84 Å². The molecule has 2 rings (SSSR count). The van der Waals surface area contributed by atoms with Gasteiger partial charge in [0.2, 0.25) is 5.91 Å². The maximum Gasteiger partial charge on any atom is 0.220 e. The lowest BCUT2D eigenvalue weighted by Crippen LogP contribution is -2.47. The molecule has 0 spiro atoms. The fraction of sp³-hybridized carbons (Fsp3) is 0.632. The van der Waals surface area contributed by atoms with E-state index in [2.05, 4.69) is 47.4 Å². The number of carbonyl (C=O) groups is 1. The summed E-state index contributed by atoms with van der Waals surface area (Å²) in [6, 6.07) is 10.9. The van der Waals surface area contributed by atoms with Gasteiger partial charge in [-0.05, 0) is 49.9 Å². The first-order valence-corrected chi connectivity index (χ1v) is 9.25. The molecule has 0 heterocycles. The number of benzene rings is 1. The lowest BCUT2D eigenvalue weighted by atomic mass is 9.73. The van der Waals surface area contributed by atoms with Crippen LogP contribution in [0.15, 0.2) is 30.3 Å². The Labute approximate surface area is 145 Å². The van der Waals surface area contributed by atoms with Crippen molar-refractivity contribution in [3.63, 3.8) is 0 Å². The van der Waals surface area contributed by atoms with Crippen LogP contribution in [0.4, 0.5) is 0 Å². The average Bonchev–Trinajstić information content (AvgIpc) is 3.06. The van der Waals surface area contributed by atoms with Gasteiger partial charge < -0.3 is 5.32 Å². The molecule has 1 fully saturated rings. The quantitative estimate of drug-likeness (QED) is 0.521. The summed E-state index contributed by atoms with van der Waals surface area (Å²) >= 11 is 5.43. The largest absolute Gasteiger partial charge is 0.353 e. The summed E-state index contributed by atoms with van der Waals surface area (Å²) in [6.45, 7) is 2.98. The highest BCUT2D eigenvalue weighted by Crippen LogP contribution is 2.43. The van der Waals surface area contributed by atoms with Crippen molar-refractivity contribution in [3.8, 4) is 0 Å². The number of hydrogen-bond donors (Lipinski definition) is 2. The van der Waals surface area contributed by atoms with Gasteiger partial charge in [0.15, 0.2) is 0 Å². The standard InChI is InChI=1S/C19H29ClN2O/c1-16(22-18(23)12-6-3-9-15-21-20)19(13-7-8-14-19)17-10-4-2-5-11-17/h2,4-5,10-11,16,21H,3,6-9,12-15H2,1H3,(H,22,23). The Hall–Kier alpha value is -1.06. The monoisotopic (exact) mass is 336 g/mol. The van der Waals surface area contributed by atoms with E-state index in [9.17, 15) is 4.79 Å². The molecule has 3 nitrogen and oxygen atoms in total. The van der Waals surface area contributed by atoms with Gasteiger partial charge in [0.05, 0.1) is 0 Å². The number of amides is 1. The van der Waals surface area contributed by atoms with Gasteiger partial charge in [-0.3, -0.25) is 4.79 Å². The summed E-state index contributed by atoms with van der Waals surface area (Å²) in [6.07, 6.45) is 8.42. The van der Waals surface area contributed by atoms with E-state index in [1.165, 1.54) is 31.2 Å². The van der Waals surface area contributed by atoms with Crippen molar-refractivity contribution in [1.82, 2.24) is 10.2 Å². The Morgan fingerprint density at radius 3 is 2.52 bits per heavy atom. The minimum Gasteiger partial charge on any atom is -0.353 e. The van der Waals surface area contributed by atoms with Crippen molar-refractivity contribution in [2.75, 3.05) is 6.54 Å². The number of carbonyl (C=O) groups excluding carboxylic acids is 1. The summed E-state index contributed by atoms with van der Waals surface area (Å²) in [5.74, 6) is 0.179. The highest BCUT2D eigenvalue weighted by Gasteiger charge is 2.40. The summed E-state index contributed by atoms with van der Waals surface area (Å²) in [5, 5.41) is 3.27. The van der Waals surface area contributed by atoms with Gasteiger partial charge in [-0.1, -0.05) is 49.6 Å². The van der Waals surface area contributed by atoms with Crippen LogP contribution in [0.1, 0.15) is 63.9 Å². The number of rotatable bonds is 9. The summed E-state index contributed by atoms with van der Waals surface area (Å²) in [5.41, 5.74) is 1.48. The van der Waals surface area contributed by atoms with Crippen LogP contribution in [0.25, 0.3) is 0 Å². The molecule has 1 aromatic rings. The molecule has 1 aromatic carbocycles. The molecule has 1 aliphatic carbocycles. The predicted molar refractivity (Wildman–Crippen MR) is 96.5 cm³/mol. The summed E-state index contributed by atoms with van der Waals surface area (Å²) < 4.78 is 0. The fourth-order valence-electron chi connectivity index (χ4n) is 3.85. The molecule has 4 heteroatoms. The van der Waals surface area contributed by atoms with E-state index in [1.54, 1.807) is 0 Å². The van der Waals surface area contributed by atoms with Crippen molar-refractivity contribution in [2.24, 2.45) is 0 Å². The third-order valence-corrected chi connectivity index (χ3v) is 5.41. The predicted octanol–water partition coefficient (Wildman–Crippen LogP) is 4.31. The second-order valence-electron chi connectivity index (χ2n) is 6.71. The molecule has 23 heavy (non-hydrogen) atoms. The van der Waals surface area contributed by atoms with Crippen molar-refractivity contribution in [3.05, 3.63) is 35.9 Å². The van der Waals surface area contributed by atoms with E-state index in [0.29, 0.717) is 6.42 Å². The van der Waals surface area contributed by atoms with E-state index in [4.69, 9.17) is 11.8 Å². The van der Waals surface area contributed by atoms with Crippen molar-refractivity contribution >= 4 is 17.7 Å². The van der Waals surface area contributed by atoms with E-state index in [1.807, 2.05) is 0 Å². The van der Waals surface area contributed by atoms with Crippen LogP contribution in [0.2, 0.25) is 0 Å². The van der Waals surface area contributed by atoms with Gasteiger partial charge in [0.1, 0.15) is 0 Å². The molecule has 2 N–H and O–H groups in total. The Morgan fingerprint density at radius 1 is 1.17 bits per heavy atom. The lowest BCUT2D eigenvalue weighted by molar-refractivity contribution is -0.122. The molecular weight excluding hydrogens is 308 g/mol. The molecule has 1 atom stereocenters. The van der Waals surface area contributed by atoms with Crippen molar-refractivity contribution < 1.29 is 4.79 Å². The van der Waals surface area contributed by atoms with Gasteiger partial charge >= 0.3 is 0 Å². The van der Waals surface area contributed by atoms with Crippen LogP contribution in [0.5, 0.6) is 0 Å². The Morgan fingerprint density at radius 2 is 1.87 bits per heavy atom. The zero-order chi connectivity index (χ0) is 16.5. The van der Waals surface area contributed by atoms with Crippen LogP contribution in [0.3, 0.4) is 0 Å². The maximum atomic E-state index is 12.3. The number of unbranched alkanes of at least 4 members (excludes halogenated alkanes) is 2. The van der Waals surface area contributed by atoms with Crippen molar-refractivity contribution in [1.29, 1.82) is 0 Å². The molecule has 1 aliphatic rings. The van der Waals surface area contributed by atoms with Crippen LogP contribution in [0, 0.1) is 0 Å². The second kappa shape index (κ2) is 9.29. The van der Waals surface area contributed by atoms with Gasteiger partial charge in [0.25, 0.3) is 0 Å². The smallest absolute Gasteiger partial charge is 0.220 e. The van der Waals surface area contributed by atoms with Crippen LogP contribution in [-0.2, 0) is 10.2 Å². The van der Waals surface area contributed by atoms with E-state index in [0.717, 1.165) is 25.8 Å². The Kier molecular flexibility index (Phi) is 7.38. The average molecular weight is 337 g/mol. The number of hydrogen-bond acceptors (Lipinski definition) is 2. The van der Waals surface area contributed by atoms with Gasteiger partial charge in [-0.15, -0.1) is 0 Å². The SMILES string of the molecule is CC(NC(=O)CCCCCNCl)C1(c2ccccc2)CCCC1. The molecular formula is C19H29ClN2O. The number of nitrogens with one attached hydrogen (secondary N) is 2. The zero-order valence-electron chi connectivity index (χ0n) is 14.1. The molecule has 0 bridgehead atoms. The topological polar surface area (TPSA) is 41.1 Å². The van der Waals surface area contributed by atoms with Crippen LogP contribution < -0.4 is 10.2 Å². The minimum atomic E-state index is 0.111. The molecule has 0 saturated heterocycles. The normalized spacial score (nSPS) is 17.8. The summed E-state index contributed by atoms with van der Waals surface area (Å²) in [4.78, 5) is 14.9. The molecule has 128 valence electrons. The lowest BCUT2D eigenvalue weighted by Gasteiger charge is -2.36. The molecule has 1 unspecified atom stereocenters. The third kappa shape index (κ3) is 4.95. The maximum absolute atomic E-state index is 12.3. The van der Waals surface area contributed by atoms with E-state index in [-0.39, 0.29) is 17.4 Å². The minimum absolute atomic E-state index is 0.111. The summed E-state index contributed by atoms with van der Waals surface area (Å²) in [7, 11) is 0. The van der Waals surface area contributed by atoms with Crippen LogP contribution in [-0.4, -0.2) is 18.5 Å². The molecule has 0 radical (unpaired) electrons. The molecule has 0 aliphatic heterocycles. The fourth-order valence-corrected chi connectivity index (χ4v) is 3.99. The first-order chi connectivity index (χ1) is 11.2. The van der Waals surface area contributed by atoms with E-state index >= 15 is 0 Å². The van der Waals surface area contributed by atoms with Gasteiger partial charge in [-0.2, -0.15) is 0 Å². The Bertz CT molecular complexity index is 472. The molecule has 0 aromatic heterocycles. The van der Waals surface area contributed by atoms with Gasteiger partial charge in [0, 0.05) is 24.4 Å². The zero-order valence-corrected chi connectivity index (χ0v) is 14.9. The second-order valence-corrected chi connectivity index (χ2v) is 6.98. The highest BCUT2D eigenvalue weighted by atomic mass is 35.5. The number of halogens is 1. The van der Waals surface area contributed by atoms with Crippen molar-refractivity contribution in [2.45, 2.75) is 69.7 Å². The molecule has 1 amide bonds. The first kappa shape index (κ1) is 18.3. The first-order valence-electron chi connectivity index (χ1n) is 8.87.